The van der Waals surface area contributed by atoms with E-state index in [0.717, 1.165) is 43.0 Å². The number of nitrogens with two attached hydrogens (primary N) is 1. The standard InChI is InChI=1S/C14H22N4O/c1-10-13(18-8-4-5-12(15)9-18)6-7-16-14(10)17(3)11(2)19/h6-7,12H,4-5,8-9,15H2,1-3H3. The molecule has 19 heavy (non-hydrogen) atoms. The van der Waals surface area contributed by atoms with Crippen LogP contribution in [0.4, 0.5) is 11.5 Å². The third kappa shape index (κ3) is 2.87. The Hall–Kier alpha value is -1.62. The van der Waals surface area contributed by atoms with E-state index in [2.05, 4.69) is 9.88 Å². The Morgan fingerprint density at radius 3 is 2.95 bits per heavy atom. The van der Waals surface area contributed by atoms with Crippen LogP contribution in [0.15, 0.2) is 12.3 Å². The third-order valence-corrected chi connectivity index (χ3v) is 3.74. The monoisotopic (exact) mass is 262 g/mol. The number of rotatable bonds is 2. The summed E-state index contributed by atoms with van der Waals surface area (Å²) in [5.74, 6) is 0.715. The van der Waals surface area contributed by atoms with E-state index in [1.54, 1.807) is 25.1 Å². The number of anilines is 2. The molecule has 2 N–H and O–H groups in total. The van der Waals surface area contributed by atoms with E-state index in [1.165, 1.54) is 0 Å². The molecule has 0 spiro atoms. The number of carbonyl (C=O) groups excluding carboxylic acids is 1. The number of hydrogen-bond donors (Lipinski definition) is 1. The van der Waals surface area contributed by atoms with Gasteiger partial charge in [-0.2, -0.15) is 0 Å². The van der Waals surface area contributed by atoms with Crippen LogP contribution >= 0.6 is 0 Å². The highest BCUT2D eigenvalue weighted by molar-refractivity contribution is 5.91. The summed E-state index contributed by atoms with van der Waals surface area (Å²) >= 11 is 0. The molecular weight excluding hydrogens is 240 g/mol. The molecule has 1 aromatic rings. The fraction of sp³-hybridized carbons (Fsp3) is 0.571. The Balaban J connectivity index is 2.31. The lowest BCUT2D eigenvalue weighted by Crippen LogP contribution is -2.43. The van der Waals surface area contributed by atoms with Crippen LogP contribution in [0.2, 0.25) is 0 Å². The first-order valence-electron chi connectivity index (χ1n) is 6.71. The van der Waals surface area contributed by atoms with Crippen molar-refractivity contribution in [2.75, 3.05) is 29.9 Å². The van der Waals surface area contributed by atoms with Gasteiger partial charge < -0.3 is 10.6 Å². The highest BCUT2D eigenvalue weighted by Gasteiger charge is 2.21. The summed E-state index contributed by atoms with van der Waals surface area (Å²) in [6.07, 6.45) is 3.96. The fourth-order valence-corrected chi connectivity index (χ4v) is 2.57. The predicted molar refractivity (Wildman–Crippen MR) is 77.5 cm³/mol. The molecule has 0 aromatic carbocycles. The summed E-state index contributed by atoms with van der Waals surface area (Å²) in [6.45, 7) is 5.44. The molecule has 1 saturated heterocycles. The Labute approximate surface area is 114 Å². The second-order valence-electron chi connectivity index (χ2n) is 5.21. The molecule has 1 aliphatic heterocycles. The predicted octanol–water partition coefficient (Wildman–Crippen LogP) is 1.30. The highest BCUT2D eigenvalue weighted by Crippen LogP contribution is 2.28. The molecule has 0 radical (unpaired) electrons. The Kier molecular flexibility index (Phi) is 4.04. The molecule has 1 aliphatic rings. The van der Waals surface area contributed by atoms with Gasteiger partial charge in [-0.05, 0) is 25.8 Å². The van der Waals surface area contributed by atoms with Gasteiger partial charge in [0.15, 0.2) is 0 Å². The molecule has 0 bridgehead atoms. The van der Waals surface area contributed by atoms with Crippen LogP contribution < -0.4 is 15.5 Å². The normalized spacial score (nSPS) is 19.4. The molecular formula is C14H22N4O. The van der Waals surface area contributed by atoms with Crippen LogP contribution in [0.3, 0.4) is 0 Å². The van der Waals surface area contributed by atoms with Gasteiger partial charge in [0.25, 0.3) is 0 Å². The van der Waals surface area contributed by atoms with E-state index in [1.807, 2.05) is 13.0 Å². The first-order chi connectivity index (χ1) is 9.00. The topological polar surface area (TPSA) is 62.5 Å². The van der Waals surface area contributed by atoms with Gasteiger partial charge in [0, 0.05) is 50.6 Å². The van der Waals surface area contributed by atoms with Crippen LogP contribution in [0.1, 0.15) is 25.3 Å². The molecule has 5 nitrogen and oxygen atoms in total. The van der Waals surface area contributed by atoms with Gasteiger partial charge in [0.05, 0.1) is 0 Å². The molecule has 1 amide bonds. The minimum Gasteiger partial charge on any atom is -0.370 e. The van der Waals surface area contributed by atoms with Crippen molar-refractivity contribution < 1.29 is 4.79 Å². The SMILES string of the molecule is CC(=O)N(C)c1nccc(N2CCCC(N)C2)c1C. The molecule has 0 aliphatic carbocycles. The average Bonchev–Trinajstić information content (AvgIpc) is 2.38. The molecule has 2 heterocycles. The minimum atomic E-state index is -0.0110. The molecule has 0 saturated carbocycles. The number of amides is 1. The van der Waals surface area contributed by atoms with Crippen molar-refractivity contribution in [1.29, 1.82) is 0 Å². The number of carbonyl (C=O) groups is 1. The first-order valence-corrected chi connectivity index (χ1v) is 6.71. The fourth-order valence-electron chi connectivity index (χ4n) is 2.57. The van der Waals surface area contributed by atoms with E-state index < -0.39 is 0 Å². The molecule has 1 aromatic heterocycles. The smallest absolute Gasteiger partial charge is 0.224 e. The Bertz CT molecular complexity index is 475. The van der Waals surface area contributed by atoms with E-state index >= 15 is 0 Å². The van der Waals surface area contributed by atoms with Gasteiger partial charge in [0.2, 0.25) is 5.91 Å². The van der Waals surface area contributed by atoms with Gasteiger partial charge in [-0.25, -0.2) is 4.98 Å². The summed E-state index contributed by atoms with van der Waals surface area (Å²) in [5.41, 5.74) is 8.21. The van der Waals surface area contributed by atoms with Crippen LogP contribution in [0.25, 0.3) is 0 Å². The number of pyridine rings is 1. The second kappa shape index (κ2) is 5.57. The van der Waals surface area contributed by atoms with Gasteiger partial charge in [-0.3, -0.25) is 9.69 Å². The molecule has 104 valence electrons. The number of hydrogen-bond acceptors (Lipinski definition) is 4. The third-order valence-electron chi connectivity index (χ3n) is 3.74. The van der Waals surface area contributed by atoms with Crippen molar-refractivity contribution in [1.82, 2.24) is 4.98 Å². The maximum absolute atomic E-state index is 11.5. The molecule has 1 atom stereocenters. The maximum atomic E-state index is 11.5. The zero-order chi connectivity index (χ0) is 14.0. The van der Waals surface area contributed by atoms with E-state index in [9.17, 15) is 4.79 Å². The van der Waals surface area contributed by atoms with E-state index in [-0.39, 0.29) is 11.9 Å². The van der Waals surface area contributed by atoms with Crippen LogP contribution in [-0.4, -0.2) is 37.1 Å². The number of aromatic nitrogens is 1. The highest BCUT2D eigenvalue weighted by atomic mass is 16.2. The van der Waals surface area contributed by atoms with Gasteiger partial charge in [-0.1, -0.05) is 0 Å². The van der Waals surface area contributed by atoms with Crippen molar-refractivity contribution in [3.8, 4) is 0 Å². The minimum absolute atomic E-state index is 0.0110. The van der Waals surface area contributed by atoms with Crippen molar-refractivity contribution >= 4 is 17.4 Å². The lowest BCUT2D eigenvalue weighted by Gasteiger charge is -2.34. The Morgan fingerprint density at radius 1 is 1.58 bits per heavy atom. The summed E-state index contributed by atoms with van der Waals surface area (Å²) in [4.78, 5) is 19.7. The molecule has 5 heteroatoms. The molecule has 2 rings (SSSR count). The lowest BCUT2D eigenvalue weighted by molar-refractivity contribution is -0.116. The number of piperidine rings is 1. The first kappa shape index (κ1) is 13.8. The van der Waals surface area contributed by atoms with Crippen molar-refractivity contribution in [3.05, 3.63) is 17.8 Å². The zero-order valence-electron chi connectivity index (χ0n) is 11.9. The zero-order valence-corrected chi connectivity index (χ0v) is 11.9. The molecule has 1 fully saturated rings. The summed E-state index contributed by atoms with van der Waals surface area (Å²) in [5, 5.41) is 0. The van der Waals surface area contributed by atoms with Crippen molar-refractivity contribution in [2.45, 2.75) is 32.7 Å². The Morgan fingerprint density at radius 2 is 2.32 bits per heavy atom. The van der Waals surface area contributed by atoms with Gasteiger partial charge in [-0.15, -0.1) is 0 Å². The van der Waals surface area contributed by atoms with Crippen LogP contribution in [0, 0.1) is 6.92 Å². The second-order valence-corrected chi connectivity index (χ2v) is 5.21. The van der Waals surface area contributed by atoms with E-state index in [0.29, 0.717) is 0 Å². The van der Waals surface area contributed by atoms with Crippen molar-refractivity contribution in [3.63, 3.8) is 0 Å². The van der Waals surface area contributed by atoms with Crippen LogP contribution in [0.5, 0.6) is 0 Å². The van der Waals surface area contributed by atoms with E-state index in [4.69, 9.17) is 5.73 Å². The largest absolute Gasteiger partial charge is 0.370 e. The van der Waals surface area contributed by atoms with Crippen LogP contribution in [-0.2, 0) is 4.79 Å². The summed E-state index contributed by atoms with van der Waals surface area (Å²) in [7, 11) is 1.75. The summed E-state index contributed by atoms with van der Waals surface area (Å²) in [6, 6.07) is 2.24. The van der Waals surface area contributed by atoms with Gasteiger partial charge in [0.1, 0.15) is 5.82 Å². The number of nitrogens with zero attached hydrogens (tertiary/aromatic N) is 3. The quantitative estimate of drug-likeness (QED) is 0.872. The average molecular weight is 262 g/mol. The lowest BCUT2D eigenvalue weighted by atomic mass is 10.0. The van der Waals surface area contributed by atoms with Gasteiger partial charge >= 0.3 is 0 Å². The maximum Gasteiger partial charge on any atom is 0.224 e. The van der Waals surface area contributed by atoms with Crippen molar-refractivity contribution in [2.24, 2.45) is 5.73 Å². The molecule has 1 unspecified atom stereocenters. The summed E-state index contributed by atoms with van der Waals surface area (Å²) < 4.78 is 0.